The summed E-state index contributed by atoms with van der Waals surface area (Å²) >= 11 is 0. The van der Waals surface area contributed by atoms with Gasteiger partial charge in [0, 0.05) is 18.7 Å². The Morgan fingerprint density at radius 1 is 1.10 bits per heavy atom. The van der Waals surface area contributed by atoms with E-state index in [1.807, 2.05) is 0 Å². The quantitative estimate of drug-likeness (QED) is 0.855. The average molecular weight is 295 g/mol. The van der Waals surface area contributed by atoms with Gasteiger partial charge in [0.05, 0.1) is 4.90 Å². The van der Waals surface area contributed by atoms with Gasteiger partial charge in [-0.15, -0.1) is 0 Å². The number of ether oxygens (including phenoxy) is 2. The number of hydrogen-bond acceptors (Lipinski definition) is 4. The molecule has 1 aromatic rings. The lowest BCUT2D eigenvalue weighted by atomic mass is 10.1. The Labute approximate surface area is 118 Å². The summed E-state index contributed by atoms with van der Waals surface area (Å²) in [5, 5.41) is 0. The third-order valence-corrected chi connectivity index (χ3v) is 6.29. The summed E-state index contributed by atoms with van der Waals surface area (Å²) in [5.41, 5.74) is 0. The molecule has 1 unspecified atom stereocenters. The van der Waals surface area contributed by atoms with Crippen molar-refractivity contribution >= 4 is 10.0 Å². The fourth-order valence-electron chi connectivity index (χ4n) is 3.19. The molecule has 1 saturated carbocycles. The molecule has 0 spiro atoms. The topological polar surface area (TPSA) is 55.8 Å². The lowest BCUT2D eigenvalue weighted by Crippen LogP contribution is -2.36. The summed E-state index contributed by atoms with van der Waals surface area (Å²) in [7, 11) is -3.42. The first-order chi connectivity index (χ1) is 9.66. The van der Waals surface area contributed by atoms with Crippen LogP contribution in [0.2, 0.25) is 0 Å². The summed E-state index contributed by atoms with van der Waals surface area (Å²) in [6.45, 7) is 0.797. The maximum atomic E-state index is 12.8. The van der Waals surface area contributed by atoms with Gasteiger partial charge in [0.15, 0.2) is 11.5 Å². The predicted octanol–water partition coefficient (Wildman–Crippen LogP) is 1.98. The lowest BCUT2D eigenvalue weighted by Gasteiger charge is -2.24. The molecule has 6 heteroatoms. The van der Waals surface area contributed by atoms with Gasteiger partial charge in [0.25, 0.3) is 0 Å². The van der Waals surface area contributed by atoms with Crippen molar-refractivity contribution in [3.05, 3.63) is 18.2 Å². The second-order valence-electron chi connectivity index (χ2n) is 5.68. The Kier molecular flexibility index (Phi) is 2.72. The van der Waals surface area contributed by atoms with E-state index in [2.05, 4.69) is 0 Å². The summed E-state index contributed by atoms with van der Waals surface area (Å²) in [6, 6.07) is 5.08. The highest BCUT2D eigenvalue weighted by Gasteiger charge is 2.43. The van der Waals surface area contributed by atoms with E-state index < -0.39 is 10.0 Å². The van der Waals surface area contributed by atoms with Crippen LogP contribution in [0.1, 0.15) is 25.7 Å². The van der Waals surface area contributed by atoms with Crippen molar-refractivity contribution in [2.75, 3.05) is 13.3 Å². The number of fused-ring (bicyclic) bond motifs is 1. The molecule has 0 N–H and O–H groups in total. The van der Waals surface area contributed by atoms with E-state index in [-0.39, 0.29) is 12.8 Å². The molecule has 0 radical (unpaired) electrons. The Balaban J connectivity index is 1.69. The van der Waals surface area contributed by atoms with Crippen LogP contribution in [0.3, 0.4) is 0 Å². The third-order valence-electron chi connectivity index (χ3n) is 4.37. The zero-order chi connectivity index (χ0) is 13.7. The molecule has 0 bridgehead atoms. The Bertz CT molecular complexity index is 639. The van der Waals surface area contributed by atoms with Gasteiger partial charge < -0.3 is 9.47 Å². The first kappa shape index (κ1) is 12.5. The SMILES string of the molecule is O=S(=O)(c1ccc2c(c1)OCO2)N1CCCC1C1CC1. The Morgan fingerprint density at radius 2 is 1.90 bits per heavy atom. The normalized spacial score (nSPS) is 26.1. The van der Waals surface area contributed by atoms with Crippen LogP contribution < -0.4 is 9.47 Å². The van der Waals surface area contributed by atoms with Gasteiger partial charge >= 0.3 is 0 Å². The second-order valence-corrected chi connectivity index (χ2v) is 7.57. The van der Waals surface area contributed by atoms with E-state index in [9.17, 15) is 8.42 Å². The molecule has 0 amide bonds. The molecule has 3 aliphatic rings. The number of sulfonamides is 1. The molecule has 4 rings (SSSR count). The van der Waals surface area contributed by atoms with Crippen molar-refractivity contribution in [1.29, 1.82) is 0 Å². The Morgan fingerprint density at radius 3 is 2.70 bits per heavy atom. The number of benzene rings is 1. The molecule has 108 valence electrons. The monoisotopic (exact) mass is 295 g/mol. The molecule has 1 aliphatic carbocycles. The molecule has 1 saturated heterocycles. The number of rotatable bonds is 3. The van der Waals surface area contributed by atoms with E-state index in [0.29, 0.717) is 28.9 Å². The first-order valence-electron chi connectivity index (χ1n) is 7.08. The van der Waals surface area contributed by atoms with Gasteiger partial charge in [-0.05, 0) is 43.7 Å². The standard InChI is InChI=1S/C14H17NO4S/c16-20(17,15-7-1-2-12(15)10-3-4-10)11-5-6-13-14(8-11)19-9-18-13/h5-6,8,10,12H,1-4,7,9H2. The molecule has 20 heavy (non-hydrogen) atoms. The molecule has 1 aromatic carbocycles. The van der Waals surface area contributed by atoms with E-state index in [4.69, 9.17) is 9.47 Å². The van der Waals surface area contributed by atoms with E-state index in [1.165, 1.54) is 0 Å². The fraction of sp³-hybridized carbons (Fsp3) is 0.571. The van der Waals surface area contributed by atoms with Crippen LogP contribution in [-0.4, -0.2) is 32.1 Å². The maximum absolute atomic E-state index is 12.8. The van der Waals surface area contributed by atoms with Crippen LogP contribution >= 0.6 is 0 Å². The van der Waals surface area contributed by atoms with Gasteiger partial charge in [0.2, 0.25) is 16.8 Å². The van der Waals surface area contributed by atoms with Crippen LogP contribution in [0.4, 0.5) is 0 Å². The minimum Gasteiger partial charge on any atom is -0.454 e. The molecular weight excluding hydrogens is 278 g/mol. The van der Waals surface area contributed by atoms with Gasteiger partial charge in [-0.3, -0.25) is 0 Å². The van der Waals surface area contributed by atoms with Gasteiger partial charge in [-0.25, -0.2) is 8.42 Å². The molecular formula is C14H17NO4S. The molecule has 5 nitrogen and oxygen atoms in total. The summed E-state index contributed by atoms with van der Waals surface area (Å²) in [6.07, 6.45) is 4.29. The smallest absolute Gasteiger partial charge is 0.243 e. The van der Waals surface area contributed by atoms with Crippen LogP contribution in [0.15, 0.2) is 23.1 Å². The van der Waals surface area contributed by atoms with Gasteiger partial charge in [-0.1, -0.05) is 0 Å². The van der Waals surface area contributed by atoms with Crippen molar-refractivity contribution in [3.63, 3.8) is 0 Å². The highest BCUT2D eigenvalue weighted by molar-refractivity contribution is 7.89. The van der Waals surface area contributed by atoms with Crippen molar-refractivity contribution < 1.29 is 17.9 Å². The highest BCUT2D eigenvalue weighted by atomic mass is 32.2. The van der Waals surface area contributed by atoms with Crippen LogP contribution in [-0.2, 0) is 10.0 Å². The van der Waals surface area contributed by atoms with Crippen molar-refractivity contribution in [2.24, 2.45) is 5.92 Å². The average Bonchev–Trinajstić information content (AvgIpc) is 3.00. The van der Waals surface area contributed by atoms with E-state index in [0.717, 1.165) is 25.7 Å². The molecule has 2 heterocycles. The van der Waals surface area contributed by atoms with Gasteiger partial charge in [-0.2, -0.15) is 4.31 Å². The highest BCUT2D eigenvalue weighted by Crippen LogP contribution is 2.43. The second kappa shape index (κ2) is 4.36. The maximum Gasteiger partial charge on any atom is 0.243 e. The molecule has 2 aliphatic heterocycles. The fourth-order valence-corrected chi connectivity index (χ4v) is 4.96. The zero-order valence-electron chi connectivity index (χ0n) is 11.1. The summed E-state index contributed by atoms with van der Waals surface area (Å²) in [4.78, 5) is 0.314. The van der Waals surface area contributed by atoms with Crippen molar-refractivity contribution in [1.82, 2.24) is 4.31 Å². The van der Waals surface area contributed by atoms with E-state index >= 15 is 0 Å². The molecule has 0 aromatic heterocycles. The van der Waals surface area contributed by atoms with Crippen molar-refractivity contribution in [2.45, 2.75) is 36.6 Å². The van der Waals surface area contributed by atoms with Crippen LogP contribution in [0.5, 0.6) is 11.5 Å². The minimum absolute atomic E-state index is 0.160. The van der Waals surface area contributed by atoms with Crippen molar-refractivity contribution in [3.8, 4) is 11.5 Å². The van der Waals surface area contributed by atoms with E-state index in [1.54, 1.807) is 22.5 Å². The zero-order valence-corrected chi connectivity index (χ0v) is 11.9. The van der Waals surface area contributed by atoms with Gasteiger partial charge in [0.1, 0.15) is 0 Å². The number of nitrogens with zero attached hydrogens (tertiary/aromatic N) is 1. The molecule has 2 fully saturated rings. The summed E-state index contributed by atoms with van der Waals surface area (Å²) < 4.78 is 37.8. The largest absolute Gasteiger partial charge is 0.454 e. The lowest BCUT2D eigenvalue weighted by molar-refractivity contribution is 0.174. The van der Waals surface area contributed by atoms with Crippen LogP contribution in [0.25, 0.3) is 0 Å². The number of hydrogen-bond donors (Lipinski definition) is 0. The predicted molar refractivity (Wildman–Crippen MR) is 72.2 cm³/mol. The van der Waals surface area contributed by atoms with Crippen LogP contribution in [0, 0.1) is 5.92 Å². The Hall–Kier alpha value is -1.27. The molecule has 1 atom stereocenters. The summed E-state index contributed by atoms with van der Waals surface area (Å²) in [5.74, 6) is 1.71. The first-order valence-corrected chi connectivity index (χ1v) is 8.52. The minimum atomic E-state index is -3.42. The third kappa shape index (κ3) is 1.90.